The number of carbonyl (C=O) groups excluding carboxylic acids is 2. The zero-order valence-corrected chi connectivity index (χ0v) is 8.30. The van der Waals surface area contributed by atoms with Gasteiger partial charge in [-0.1, -0.05) is 0 Å². The molecule has 0 radical (unpaired) electrons. The molecule has 13 heavy (non-hydrogen) atoms. The summed E-state index contributed by atoms with van der Waals surface area (Å²) in [5, 5.41) is 5.60. The Balaban J connectivity index is 3.24. The molecule has 0 aliphatic carbocycles. The molecular weight excluding hydrogens is 170 g/mol. The molecule has 0 bridgehead atoms. The first-order chi connectivity index (χ1) is 6.20. The van der Waals surface area contributed by atoms with Crippen molar-refractivity contribution in [1.29, 1.82) is 0 Å². The van der Waals surface area contributed by atoms with Crippen molar-refractivity contribution in [1.82, 2.24) is 10.6 Å². The van der Waals surface area contributed by atoms with Crippen LogP contribution in [-0.4, -0.2) is 31.8 Å². The Kier molecular flexibility index (Phi) is 7.20. The zero-order valence-electron chi connectivity index (χ0n) is 8.30. The third-order valence-corrected chi connectivity index (χ3v) is 1.85. The number of amides is 1. The maximum Gasteiger partial charge on any atom is 0.216 e. The van der Waals surface area contributed by atoms with Crippen LogP contribution in [0.1, 0.15) is 26.2 Å². The average Bonchev–Trinajstić information content (AvgIpc) is 2.11. The second-order valence-electron chi connectivity index (χ2n) is 3.01. The van der Waals surface area contributed by atoms with E-state index in [0.29, 0.717) is 6.54 Å². The summed E-state index contributed by atoms with van der Waals surface area (Å²) in [6, 6.07) is -0.0441. The third-order valence-electron chi connectivity index (χ3n) is 1.85. The topological polar surface area (TPSA) is 58.2 Å². The lowest BCUT2D eigenvalue weighted by Gasteiger charge is -2.07. The fraction of sp³-hybridized carbons (Fsp3) is 0.778. The van der Waals surface area contributed by atoms with Crippen LogP contribution in [0.3, 0.4) is 0 Å². The van der Waals surface area contributed by atoms with E-state index in [2.05, 4.69) is 10.6 Å². The molecular formula is C9H18N2O2. The highest BCUT2D eigenvalue weighted by Crippen LogP contribution is 1.97. The molecule has 76 valence electrons. The number of hydrogen-bond donors (Lipinski definition) is 2. The van der Waals surface area contributed by atoms with Crippen LogP contribution in [0.5, 0.6) is 0 Å². The van der Waals surface area contributed by atoms with Gasteiger partial charge in [0.1, 0.15) is 6.29 Å². The van der Waals surface area contributed by atoms with Crippen LogP contribution in [0, 0.1) is 0 Å². The Morgan fingerprint density at radius 2 is 2.15 bits per heavy atom. The van der Waals surface area contributed by atoms with E-state index in [0.717, 1.165) is 25.5 Å². The zero-order chi connectivity index (χ0) is 10.1. The summed E-state index contributed by atoms with van der Waals surface area (Å²) >= 11 is 0. The van der Waals surface area contributed by atoms with Gasteiger partial charge in [-0.15, -0.1) is 0 Å². The summed E-state index contributed by atoms with van der Waals surface area (Å²) in [5.74, 6) is 0.000513. The molecule has 1 unspecified atom stereocenters. The lowest BCUT2D eigenvalue weighted by molar-refractivity contribution is -0.119. The Morgan fingerprint density at radius 1 is 1.46 bits per heavy atom. The molecule has 4 nitrogen and oxygen atoms in total. The first-order valence-corrected chi connectivity index (χ1v) is 4.57. The van der Waals surface area contributed by atoms with Crippen LogP contribution in [0.15, 0.2) is 0 Å². The van der Waals surface area contributed by atoms with E-state index in [1.165, 1.54) is 6.92 Å². The van der Waals surface area contributed by atoms with Crippen molar-refractivity contribution in [2.45, 2.75) is 32.2 Å². The number of carbonyl (C=O) groups is 2. The summed E-state index contributed by atoms with van der Waals surface area (Å²) in [6.07, 6.45) is 3.62. The fourth-order valence-electron chi connectivity index (χ4n) is 1.03. The molecule has 4 heteroatoms. The van der Waals surface area contributed by atoms with Crippen molar-refractivity contribution in [2.24, 2.45) is 0 Å². The highest BCUT2D eigenvalue weighted by atomic mass is 16.2. The summed E-state index contributed by atoms with van der Waals surface area (Å²) in [5.41, 5.74) is 0. The van der Waals surface area contributed by atoms with Crippen LogP contribution in [0.2, 0.25) is 0 Å². The first-order valence-electron chi connectivity index (χ1n) is 4.57. The highest BCUT2D eigenvalue weighted by molar-refractivity contribution is 5.72. The average molecular weight is 188 g/mol. The van der Waals surface area contributed by atoms with Gasteiger partial charge in [-0.05, 0) is 26.3 Å². The van der Waals surface area contributed by atoms with Crippen LogP contribution in [-0.2, 0) is 9.59 Å². The normalized spacial score (nSPS) is 12.2. The number of aldehydes is 1. The minimum absolute atomic E-state index is 0.000513. The van der Waals surface area contributed by atoms with E-state index in [1.807, 2.05) is 0 Å². The molecule has 2 N–H and O–H groups in total. The molecule has 0 saturated carbocycles. The van der Waals surface area contributed by atoms with E-state index < -0.39 is 0 Å². The molecule has 0 aromatic heterocycles. The van der Waals surface area contributed by atoms with Crippen LogP contribution in [0.4, 0.5) is 0 Å². The molecule has 0 spiro atoms. The fourth-order valence-corrected chi connectivity index (χ4v) is 1.03. The number of nitrogens with one attached hydrogen (secondary N) is 2. The van der Waals surface area contributed by atoms with Gasteiger partial charge in [0.15, 0.2) is 0 Å². The number of rotatable bonds is 7. The molecule has 0 heterocycles. The van der Waals surface area contributed by atoms with Gasteiger partial charge < -0.3 is 15.4 Å². The van der Waals surface area contributed by atoms with E-state index in [-0.39, 0.29) is 11.9 Å². The van der Waals surface area contributed by atoms with Gasteiger partial charge >= 0.3 is 0 Å². The Labute approximate surface area is 79.1 Å². The summed E-state index contributed by atoms with van der Waals surface area (Å²) in [7, 11) is 1.77. The molecule has 0 aliphatic rings. The predicted molar refractivity (Wildman–Crippen MR) is 51.4 cm³/mol. The molecule has 0 aromatic carbocycles. The monoisotopic (exact) mass is 188 g/mol. The smallest absolute Gasteiger partial charge is 0.216 e. The standard InChI is InChI=1S/C9H18N2O2/c1-8(13)11-6-4-3-5-9(7-12)10-2/h7,9-10H,3-6H2,1-2H3,(H,11,13)/i2+1,8+1. The van der Waals surface area contributed by atoms with Crippen LogP contribution >= 0.6 is 0 Å². The minimum Gasteiger partial charge on any atom is -0.356 e. The van der Waals surface area contributed by atoms with Crippen LogP contribution in [0.25, 0.3) is 0 Å². The second-order valence-corrected chi connectivity index (χ2v) is 3.01. The lowest BCUT2D eigenvalue weighted by Crippen LogP contribution is -2.27. The molecule has 0 fully saturated rings. The summed E-state index contributed by atoms with van der Waals surface area (Å²) in [4.78, 5) is 20.8. The SMILES string of the molecule is C[13C](=O)NCCCCC(C=O)N[13CH3]. The maximum atomic E-state index is 10.5. The third kappa shape index (κ3) is 7.46. The Morgan fingerprint density at radius 3 is 2.62 bits per heavy atom. The molecule has 0 rings (SSSR count). The molecule has 0 aromatic rings. The number of hydrogen-bond acceptors (Lipinski definition) is 3. The van der Waals surface area contributed by atoms with Crippen molar-refractivity contribution >= 4 is 12.2 Å². The van der Waals surface area contributed by atoms with E-state index >= 15 is 0 Å². The maximum absolute atomic E-state index is 10.5. The quantitative estimate of drug-likeness (QED) is 0.338. The summed E-state index contributed by atoms with van der Waals surface area (Å²) < 4.78 is 0. The second kappa shape index (κ2) is 7.73. The van der Waals surface area contributed by atoms with Crippen LogP contribution < -0.4 is 10.6 Å². The molecule has 0 aliphatic heterocycles. The van der Waals surface area contributed by atoms with Gasteiger partial charge in [0.2, 0.25) is 5.91 Å². The van der Waals surface area contributed by atoms with Gasteiger partial charge in [-0.2, -0.15) is 0 Å². The van der Waals surface area contributed by atoms with E-state index in [4.69, 9.17) is 0 Å². The lowest BCUT2D eigenvalue weighted by atomic mass is 10.1. The Hall–Kier alpha value is -0.900. The summed E-state index contributed by atoms with van der Waals surface area (Å²) in [6.45, 7) is 2.20. The van der Waals surface area contributed by atoms with Crippen molar-refractivity contribution < 1.29 is 9.59 Å². The van der Waals surface area contributed by atoms with Gasteiger partial charge in [-0.25, -0.2) is 0 Å². The van der Waals surface area contributed by atoms with Crippen molar-refractivity contribution in [2.75, 3.05) is 13.6 Å². The Bertz CT molecular complexity index is 160. The van der Waals surface area contributed by atoms with Gasteiger partial charge in [0, 0.05) is 13.5 Å². The van der Waals surface area contributed by atoms with Crippen molar-refractivity contribution in [3.05, 3.63) is 0 Å². The van der Waals surface area contributed by atoms with Crippen molar-refractivity contribution in [3.8, 4) is 0 Å². The largest absolute Gasteiger partial charge is 0.356 e. The van der Waals surface area contributed by atoms with Gasteiger partial charge in [-0.3, -0.25) is 4.79 Å². The predicted octanol–water partition coefficient (Wildman–Crippen LogP) is 0.0797. The van der Waals surface area contributed by atoms with Gasteiger partial charge in [0.25, 0.3) is 0 Å². The minimum atomic E-state index is -0.0441. The number of likely N-dealkylation sites (N-methyl/N-ethyl adjacent to an activating group) is 1. The number of unbranched alkanes of at least 4 members (excludes halogenated alkanes) is 1. The van der Waals surface area contributed by atoms with E-state index in [1.54, 1.807) is 7.05 Å². The molecule has 0 saturated heterocycles. The van der Waals surface area contributed by atoms with Gasteiger partial charge in [0.05, 0.1) is 6.04 Å². The molecule has 1 amide bonds. The first kappa shape index (κ1) is 12.1. The highest BCUT2D eigenvalue weighted by Gasteiger charge is 2.02. The van der Waals surface area contributed by atoms with Crippen molar-refractivity contribution in [3.63, 3.8) is 0 Å². The van der Waals surface area contributed by atoms with E-state index in [9.17, 15) is 9.59 Å². The molecule has 1 atom stereocenters.